The summed E-state index contributed by atoms with van der Waals surface area (Å²) in [6, 6.07) is 4.79. The lowest BCUT2D eigenvalue weighted by Crippen LogP contribution is -2.52. The first-order valence-electron chi connectivity index (χ1n) is 7.16. The van der Waals surface area contributed by atoms with E-state index in [-0.39, 0.29) is 30.1 Å². The standard InChI is InChI=1S/C15H19Cl2N3O2.ClH/c1-10(9-18)14(21)19-2-4-20(5-3-19)15(22)11-6-12(16)8-13(17)7-11;/h6-8,10H,2-5,9,18H2,1H3;1H. The summed E-state index contributed by atoms with van der Waals surface area (Å²) in [5.41, 5.74) is 5.99. The first-order chi connectivity index (χ1) is 10.4. The molecule has 2 amide bonds. The normalized spacial score (nSPS) is 15.8. The fourth-order valence-corrected chi connectivity index (χ4v) is 2.93. The third-order valence-electron chi connectivity index (χ3n) is 3.76. The van der Waals surface area contributed by atoms with E-state index in [1.54, 1.807) is 28.0 Å². The van der Waals surface area contributed by atoms with Crippen LogP contribution in [0, 0.1) is 5.92 Å². The highest BCUT2D eigenvalue weighted by molar-refractivity contribution is 6.35. The van der Waals surface area contributed by atoms with E-state index in [9.17, 15) is 9.59 Å². The molecule has 23 heavy (non-hydrogen) atoms. The number of carbonyl (C=O) groups excluding carboxylic acids is 2. The van der Waals surface area contributed by atoms with Crippen molar-refractivity contribution in [2.45, 2.75) is 6.92 Å². The van der Waals surface area contributed by atoms with Crippen molar-refractivity contribution in [3.63, 3.8) is 0 Å². The summed E-state index contributed by atoms with van der Waals surface area (Å²) < 4.78 is 0. The van der Waals surface area contributed by atoms with Crippen molar-refractivity contribution in [1.82, 2.24) is 9.80 Å². The number of hydrogen-bond donors (Lipinski definition) is 1. The molecule has 0 aromatic heterocycles. The zero-order valence-corrected chi connectivity index (χ0v) is 15.1. The Morgan fingerprint density at radius 3 is 2.04 bits per heavy atom. The van der Waals surface area contributed by atoms with Crippen LogP contribution in [0.25, 0.3) is 0 Å². The van der Waals surface area contributed by atoms with Gasteiger partial charge in [-0.05, 0) is 18.2 Å². The van der Waals surface area contributed by atoms with Gasteiger partial charge in [0.05, 0.1) is 0 Å². The minimum atomic E-state index is -0.186. The Balaban J connectivity index is 0.00000264. The van der Waals surface area contributed by atoms with Crippen LogP contribution in [0.3, 0.4) is 0 Å². The molecular weight excluding hydrogens is 361 g/mol. The molecule has 0 saturated carbocycles. The summed E-state index contributed by atoms with van der Waals surface area (Å²) in [5.74, 6) is -0.266. The number of rotatable bonds is 3. The van der Waals surface area contributed by atoms with Crippen molar-refractivity contribution in [2.24, 2.45) is 11.7 Å². The lowest BCUT2D eigenvalue weighted by atomic mass is 10.1. The molecule has 5 nitrogen and oxygen atoms in total. The van der Waals surface area contributed by atoms with E-state index in [2.05, 4.69) is 0 Å². The first kappa shape index (κ1) is 20.0. The molecule has 1 unspecified atom stereocenters. The molecule has 1 aromatic carbocycles. The van der Waals surface area contributed by atoms with Gasteiger partial charge in [-0.2, -0.15) is 0 Å². The van der Waals surface area contributed by atoms with E-state index in [0.717, 1.165) is 0 Å². The molecular formula is C15H20Cl3N3O2. The molecule has 1 heterocycles. The largest absolute Gasteiger partial charge is 0.339 e. The van der Waals surface area contributed by atoms with Gasteiger partial charge in [-0.25, -0.2) is 0 Å². The number of carbonyl (C=O) groups is 2. The van der Waals surface area contributed by atoms with E-state index in [1.165, 1.54) is 0 Å². The second kappa shape index (κ2) is 8.73. The molecule has 1 atom stereocenters. The third kappa shape index (κ3) is 4.98. The Bertz CT molecular complexity index is 555. The van der Waals surface area contributed by atoms with E-state index < -0.39 is 0 Å². The molecule has 1 saturated heterocycles. The Morgan fingerprint density at radius 1 is 1.09 bits per heavy atom. The second-order valence-corrected chi connectivity index (χ2v) is 6.29. The molecule has 0 aliphatic carbocycles. The average Bonchev–Trinajstić information content (AvgIpc) is 2.52. The smallest absolute Gasteiger partial charge is 0.254 e. The molecule has 1 fully saturated rings. The molecule has 128 valence electrons. The highest BCUT2D eigenvalue weighted by Gasteiger charge is 2.27. The van der Waals surface area contributed by atoms with Gasteiger partial charge >= 0.3 is 0 Å². The van der Waals surface area contributed by atoms with Gasteiger partial charge in [-0.15, -0.1) is 12.4 Å². The SMILES string of the molecule is CC(CN)C(=O)N1CCN(C(=O)c2cc(Cl)cc(Cl)c2)CC1.Cl. The highest BCUT2D eigenvalue weighted by atomic mass is 35.5. The maximum Gasteiger partial charge on any atom is 0.254 e. The summed E-state index contributed by atoms with van der Waals surface area (Å²) >= 11 is 11.9. The quantitative estimate of drug-likeness (QED) is 0.875. The van der Waals surface area contributed by atoms with Crippen LogP contribution in [0.1, 0.15) is 17.3 Å². The number of benzene rings is 1. The van der Waals surface area contributed by atoms with Gasteiger partial charge in [-0.3, -0.25) is 9.59 Å². The van der Waals surface area contributed by atoms with Crippen molar-refractivity contribution in [2.75, 3.05) is 32.7 Å². The topological polar surface area (TPSA) is 66.6 Å². The zero-order chi connectivity index (χ0) is 16.3. The maximum absolute atomic E-state index is 12.5. The zero-order valence-electron chi connectivity index (χ0n) is 12.8. The number of piperazine rings is 1. The molecule has 1 aliphatic rings. The summed E-state index contributed by atoms with van der Waals surface area (Å²) in [6.07, 6.45) is 0. The molecule has 0 radical (unpaired) electrons. The predicted molar refractivity (Wildman–Crippen MR) is 94.4 cm³/mol. The summed E-state index contributed by atoms with van der Waals surface area (Å²) in [7, 11) is 0. The number of nitrogens with zero attached hydrogens (tertiary/aromatic N) is 2. The second-order valence-electron chi connectivity index (χ2n) is 5.41. The van der Waals surface area contributed by atoms with Crippen molar-refractivity contribution >= 4 is 47.4 Å². The Morgan fingerprint density at radius 2 is 1.57 bits per heavy atom. The van der Waals surface area contributed by atoms with Crippen molar-refractivity contribution in [3.8, 4) is 0 Å². The first-order valence-corrected chi connectivity index (χ1v) is 7.92. The van der Waals surface area contributed by atoms with Gasteiger partial charge in [0.1, 0.15) is 0 Å². The fourth-order valence-electron chi connectivity index (χ4n) is 2.40. The van der Waals surface area contributed by atoms with Gasteiger partial charge in [0.25, 0.3) is 5.91 Å². The van der Waals surface area contributed by atoms with E-state index in [0.29, 0.717) is 48.3 Å². The van der Waals surface area contributed by atoms with Gasteiger partial charge in [0.2, 0.25) is 5.91 Å². The Labute approximate surface area is 152 Å². The molecule has 8 heteroatoms. The van der Waals surface area contributed by atoms with Crippen molar-refractivity contribution in [3.05, 3.63) is 33.8 Å². The Kier molecular flexibility index (Phi) is 7.61. The summed E-state index contributed by atoms with van der Waals surface area (Å²) in [4.78, 5) is 28.0. The van der Waals surface area contributed by atoms with Crippen molar-refractivity contribution in [1.29, 1.82) is 0 Å². The monoisotopic (exact) mass is 379 g/mol. The van der Waals surface area contributed by atoms with Gasteiger partial charge in [-0.1, -0.05) is 30.1 Å². The molecule has 2 rings (SSSR count). The van der Waals surface area contributed by atoms with Crippen LogP contribution < -0.4 is 5.73 Å². The van der Waals surface area contributed by atoms with Crippen molar-refractivity contribution < 1.29 is 9.59 Å². The molecule has 0 bridgehead atoms. The minimum absolute atomic E-state index is 0. The van der Waals surface area contributed by atoms with Gasteiger partial charge < -0.3 is 15.5 Å². The maximum atomic E-state index is 12.5. The predicted octanol–water partition coefficient (Wildman–Crippen LogP) is 2.29. The number of halogens is 3. The van der Waals surface area contributed by atoms with Gasteiger partial charge in [0, 0.05) is 54.3 Å². The number of nitrogens with two attached hydrogens (primary N) is 1. The van der Waals surface area contributed by atoms with Crippen LogP contribution in [0.4, 0.5) is 0 Å². The molecule has 1 aliphatic heterocycles. The lowest BCUT2D eigenvalue weighted by molar-refractivity contribution is -0.136. The van der Waals surface area contributed by atoms with Gasteiger partial charge in [0.15, 0.2) is 0 Å². The van der Waals surface area contributed by atoms with Crippen LogP contribution in [-0.4, -0.2) is 54.3 Å². The molecule has 1 aromatic rings. The number of amides is 2. The van der Waals surface area contributed by atoms with E-state index in [4.69, 9.17) is 28.9 Å². The van der Waals surface area contributed by atoms with Crippen LogP contribution in [0.15, 0.2) is 18.2 Å². The minimum Gasteiger partial charge on any atom is -0.339 e. The summed E-state index contributed by atoms with van der Waals surface area (Å²) in [5, 5.41) is 0.864. The average molecular weight is 381 g/mol. The highest BCUT2D eigenvalue weighted by Crippen LogP contribution is 2.21. The molecule has 0 spiro atoms. The lowest BCUT2D eigenvalue weighted by Gasteiger charge is -2.36. The Hall–Kier alpha value is -1.01. The van der Waals surface area contributed by atoms with Crippen LogP contribution >= 0.6 is 35.6 Å². The third-order valence-corrected chi connectivity index (χ3v) is 4.20. The van der Waals surface area contributed by atoms with Crippen LogP contribution in [0.5, 0.6) is 0 Å². The van der Waals surface area contributed by atoms with Crippen LogP contribution in [-0.2, 0) is 4.79 Å². The summed E-state index contributed by atoms with van der Waals surface area (Å²) in [6.45, 7) is 4.16. The fraction of sp³-hybridized carbons (Fsp3) is 0.467. The molecule has 2 N–H and O–H groups in total. The van der Waals surface area contributed by atoms with E-state index >= 15 is 0 Å². The van der Waals surface area contributed by atoms with Crippen LogP contribution in [0.2, 0.25) is 10.0 Å². The number of hydrogen-bond acceptors (Lipinski definition) is 3. The van der Waals surface area contributed by atoms with E-state index in [1.807, 2.05) is 6.92 Å².